The molecule has 3 atom stereocenters. The van der Waals surface area contributed by atoms with E-state index >= 15 is 0 Å². The molecule has 0 saturated heterocycles. The first-order valence-corrected chi connectivity index (χ1v) is 20.3. The smallest absolute Gasteiger partial charge is 0.462 e. The van der Waals surface area contributed by atoms with E-state index in [0.717, 1.165) is 64.2 Å². The summed E-state index contributed by atoms with van der Waals surface area (Å²) in [6, 6.07) is 0. The van der Waals surface area contributed by atoms with Crippen molar-refractivity contribution < 1.29 is 47.8 Å². The molecular formula is C41H65O10P. The summed E-state index contributed by atoms with van der Waals surface area (Å²) in [7, 11) is -4.64. The quantitative estimate of drug-likeness (QED) is 0.0195. The van der Waals surface area contributed by atoms with Gasteiger partial charge in [0.05, 0.1) is 19.8 Å². The van der Waals surface area contributed by atoms with Crippen molar-refractivity contribution in [1.82, 2.24) is 0 Å². The molecule has 0 spiro atoms. The fourth-order valence-electron chi connectivity index (χ4n) is 4.27. The summed E-state index contributed by atoms with van der Waals surface area (Å²) in [6.45, 7) is 1.98. The van der Waals surface area contributed by atoms with Crippen LogP contribution in [-0.2, 0) is 32.7 Å². The molecule has 0 amide bonds. The van der Waals surface area contributed by atoms with Gasteiger partial charge in [0.25, 0.3) is 0 Å². The fourth-order valence-corrected chi connectivity index (χ4v) is 5.06. The summed E-state index contributed by atoms with van der Waals surface area (Å²) in [5.41, 5.74) is 0. The summed E-state index contributed by atoms with van der Waals surface area (Å²) < 4.78 is 32.5. The van der Waals surface area contributed by atoms with Crippen LogP contribution in [0.25, 0.3) is 0 Å². The summed E-state index contributed by atoms with van der Waals surface area (Å²) in [5, 5.41) is 18.3. The molecule has 0 saturated carbocycles. The Hall–Kier alpha value is -3.11. The summed E-state index contributed by atoms with van der Waals surface area (Å²) in [6.07, 6.45) is 42.5. The zero-order valence-electron chi connectivity index (χ0n) is 31.5. The van der Waals surface area contributed by atoms with Crippen LogP contribution in [0.15, 0.2) is 97.2 Å². The molecule has 0 aromatic rings. The average molecular weight is 749 g/mol. The van der Waals surface area contributed by atoms with Gasteiger partial charge in [-0.2, -0.15) is 0 Å². The molecule has 10 nitrogen and oxygen atoms in total. The molecule has 0 rings (SSSR count). The molecule has 0 aromatic carbocycles. The second kappa shape index (κ2) is 36.3. The predicted molar refractivity (Wildman–Crippen MR) is 209 cm³/mol. The van der Waals surface area contributed by atoms with Crippen molar-refractivity contribution in [3.63, 3.8) is 0 Å². The number of hydrogen-bond donors (Lipinski definition) is 3. The molecule has 3 N–H and O–H groups in total. The van der Waals surface area contributed by atoms with E-state index in [1.807, 2.05) is 54.7 Å². The number of hydrogen-bond acceptors (Lipinski definition) is 9. The van der Waals surface area contributed by atoms with Crippen LogP contribution in [-0.4, -0.2) is 65.7 Å². The van der Waals surface area contributed by atoms with Crippen molar-refractivity contribution in [2.75, 3.05) is 26.4 Å². The molecule has 0 bridgehead atoms. The van der Waals surface area contributed by atoms with Crippen molar-refractivity contribution in [3.8, 4) is 0 Å². The Labute approximate surface area is 313 Å². The molecule has 11 heteroatoms. The Bertz CT molecular complexity index is 1180. The summed E-state index contributed by atoms with van der Waals surface area (Å²) >= 11 is 0. The van der Waals surface area contributed by atoms with E-state index in [4.69, 9.17) is 19.1 Å². The second-order valence-electron chi connectivity index (χ2n) is 12.0. The SMILES string of the molecule is CC/C=C/C=C/C=C/C=C/C=C/CCCC(=O)OC(COC(=O)CCCCCCCC/C=C/C/C=C/C/C=C/CC)COP(=O)(O)OC[C@@H](O)CO. The van der Waals surface area contributed by atoms with Crippen molar-refractivity contribution >= 4 is 19.8 Å². The van der Waals surface area contributed by atoms with Crippen molar-refractivity contribution in [3.05, 3.63) is 97.2 Å². The van der Waals surface area contributed by atoms with Crippen LogP contribution in [0.5, 0.6) is 0 Å². The number of aliphatic hydroxyl groups is 2. The summed E-state index contributed by atoms with van der Waals surface area (Å²) in [5.74, 6) is -1.04. The standard InChI is InChI=1S/C41H65O10P/c1-3-5-7-9-11-13-15-17-18-19-21-22-24-26-28-30-32-40(44)48-36-39(37-50-52(46,47)49-35-38(43)34-42)51-41(45)33-31-29-27-25-23-20-16-14-12-10-8-6-4-2/h5-8,10-14,16-18,20,23,25,27,38-39,42-43H,3-4,9,15,19,21-22,24,26,28-37H2,1-2H3,(H,46,47)/b7-5+,8-6+,12-10+,13-11+,16-14+,18-17+,23-20+,27-25+/t38-,39?/m0/s1. The number of rotatable bonds is 33. The zero-order chi connectivity index (χ0) is 38.4. The Morgan fingerprint density at radius 3 is 1.77 bits per heavy atom. The highest BCUT2D eigenvalue weighted by Crippen LogP contribution is 2.43. The molecule has 2 unspecified atom stereocenters. The third-order valence-electron chi connectivity index (χ3n) is 7.11. The maximum absolute atomic E-state index is 12.5. The van der Waals surface area contributed by atoms with Crippen LogP contribution < -0.4 is 0 Å². The lowest BCUT2D eigenvalue weighted by Gasteiger charge is -2.20. The maximum atomic E-state index is 12.5. The topological polar surface area (TPSA) is 149 Å². The average Bonchev–Trinajstić information content (AvgIpc) is 3.13. The first kappa shape index (κ1) is 48.9. The molecule has 0 aliphatic rings. The lowest BCUT2D eigenvalue weighted by molar-refractivity contribution is -0.161. The van der Waals surface area contributed by atoms with Gasteiger partial charge >= 0.3 is 19.8 Å². The third-order valence-corrected chi connectivity index (χ3v) is 8.06. The van der Waals surface area contributed by atoms with Gasteiger partial charge in [-0.15, -0.1) is 0 Å². The normalized spacial score (nSPS) is 15.1. The van der Waals surface area contributed by atoms with Crippen LogP contribution in [0, 0.1) is 0 Å². The number of carbonyl (C=O) groups excluding carboxylic acids is 2. The minimum Gasteiger partial charge on any atom is -0.462 e. The van der Waals surface area contributed by atoms with E-state index in [1.54, 1.807) is 0 Å². The third kappa shape index (κ3) is 35.3. The van der Waals surface area contributed by atoms with Gasteiger partial charge in [0.2, 0.25) is 0 Å². The lowest BCUT2D eigenvalue weighted by atomic mass is 10.1. The van der Waals surface area contributed by atoms with E-state index in [-0.39, 0.29) is 19.4 Å². The van der Waals surface area contributed by atoms with Crippen molar-refractivity contribution in [1.29, 1.82) is 0 Å². The number of ether oxygens (including phenoxy) is 2. The van der Waals surface area contributed by atoms with Gasteiger partial charge in [-0.1, -0.05) is 137 Å². The second-order valence-corrected chi connectivity index (χ2v) is 13.4. The minimum atomic E-state index is -4.64. The molecular weight excluding hydrogens is 683 g/mol. The zero-order valence-corrected chi connectivity index (χ0v) is 32.4. The number of phosphoric acid groups is 1. The Kier molecular flexibility index (Phi) is 34.1. The van der Waals surface area contributed by atoms with Crippen LogP contribution in [0.1, 0.15) is 110 Å². The number of allylic oxidation sites excluding steroid dienone is 16. The maximum Gasteiger partial charge on any atom is 0.472 e. The fraction of sp³-hybridized carbons (Fsp3) is 0.561. The first-order chi connectivity index (χ1) is 25.2. The highest BCUT2D eigenvalue weighted by molar-refractivity contribution is 7.47. The molecule has 0 fully saturated rings. The summed E-state index contributed by atoms with van der Waals surface area (Å²) in [4.78, 5) is 34.8. The Morgan fingerprint density at radius 1 is 0.596 bits per heavy atom. The predicted octanol–water partition coefficient (Wildman–Crippen LogP) is 9.27. The van der Waals surface area contributed by atoms with Crippen LogP contribution >= 0.6 is 7.82 Å². The minimum absolute atomic E-state index is 0.0787. The molecule has 0 aromatic heterocycles. The van der Waals surface area contributed by atoms with Gasteiger partial charge in [-0.3, -0.25) is 18.6 Å². The highest BCUT2D eigenvalue weighted by atomic mass is 31.2. The van der Waals surface area contributed by atoms with Gasteiger partial charge in [0, 0.05) is 12.8 Å². The number of aliphatic hydroxyl groups excluding tert-OH is 2. The van der Waals surface area contributed by atoms with Crippen molar-refractivity contribution in [2.24, 2.45) is 0 Å². The molecule has 0 heterocycles. The molecule has 0 radical (unpaired) electrons. The van der Waals surface area contributed by atoms with Crippen molar-refractivity contribution in [2.45, 2.75) is 122 Å². The van der Waals surface area contributed by atoms with Gasteiger partial charge in [-0.05, 0) is 57.8 Å². The number of phosphoric ester groups is 1. The van der Waals surface area contributed by atoms with Crippen LogP contribution in [0.4, 0.5) is 0 Å². The van der Waals surface area contributed by atoms with E-state index in [2.05, 4.69) is 60.9 Å². The number of esters is 2. The van der Waals surface area contributed by atoms with Gasteiger partial charge in [0.15, 0.2) is 6.10 Å². The Balaban J connectivity index is 4.52. The largest absolute Gasteiger partial charge is 0.472 e. The monoisotopic (exact) mass is 748 g/mol. The molecule has 0 aliphatic carbocycles. The first-order valence-electron chi connectivity index (χ1n) is 18.8. The van der Waals surface area contributed by atoms with Crippen LogP contribution in [0.2, 0.25) is 0 Å². The van der Waals surface area contributed by atoms with E-state index < -0.39 is 51.8 Å². The highest BCUT2D eigenvalue weighted by Gasteiger charge is 2.27. The van der Waals surface area contributed by atoms with E-state index in [9.17, 15) is 24.2 Å². The number of carbonyl (C=O) groups is 2. The van der Waals surface area contributed by atoms with Gasteiger partial charge in [-0.25, -0.2) is 4.57 Å². The Morgan fingerprint density at radius 2 is 1.12 bits per heavy atom. The van der Waals surface area contributed by atoms with Gasteiger partial charge in [0.1, 0.15) is 12.7 Å². The lowest BCUT2D eigenvalue weighted by Crippen LogP contribution is -2.29. The van der Waals surface area contributed by atoms with Gasteiger partial charge < -0.3 is 24.6 Å². The van der Waals surface area contributed by atoms with E-state index in [0.29, 0.717) is 19.3 Å². The van der Waals surface area contributed by atoms with E-state index in [1.165, 1.54) is 0 Å². The molecule has 294 valence electrons. The van der Waals surface area contributed by atoms with Crippen LogP contribution in [0.3, 0.4) is 0 Å². The molecule has 52 heavy (non-hydrogen) atoms. The molecule has 0 aliphatic heterocycles. The number of unbranched alkanes of at least 4 members (excludes halogenated alkanes) is 7.